The van der Waals surface area contributed by atoms with Gasteiger partial charge in [0.1, 0.15) is 5.75 Å². The molecule has 0 atom stereocenters. The van der Waals surface area contributed by atoms with Crippen molar-refractivity contribution in [2.75, 3.05) is 6.61 Å². The predicted octanol–water partition coefficient (Wildman–Crippen LogP) is 4.05. The lowest BCUT2D eigenvalue weighted by Crippen LogP contribution is -2.10. The topological polar surface area (TPSA) is 46.5 Å². The monoisotopic (exact) mass is 306 g/mol. The maximum atomic E-state index is 14.3. The summed E-state index contributed by atoms with van der Waals surface area (Å²) in [5.74, 6) is -2.75. The first-order chi connectivity index (χ1) is 10.5. The van der Waals surface area contributed by atoms with E-state index in [-0.39, 0.29) is 11.3 Å². The lowest BCUT2D eigenvalue weighted by Gasteiger charge is -2.12. The molecular formula is C17H16F2O3. The van der Waals surface area contributed by atoms with Crippen LogP contribution in [0.1, 0.15) is 18.9 Å². The lowest BCUT2D eigenvalue weighted by atomic mass is 10.00. The molecule has 116 valence electrons. The van der Waals surface area contributed by atoms with Gasteiger partial charge in [-0.1, -0.05) is 43.7 Å². The Labute approximate surface area is 127 Å². The van der Waals surface area contributed by atoms with E-state index in [1.807, 2.05) is 6.92 Å². The van der Waals surface area contributed by atoms with Crippen LogP contribution in [-0.2, 0) is 11.2 Å². The lowest BCUT2D eigenvalue weighted by molar-refractivity contribution is -0.139. The minimum absolute atomic E-state index is 0.0540. The van der Waals surface area contributed by atoms with Gasteiger partial charge in [-0.25, -0.2) is 13.6 Å². The third kappa shape index (κ3) is 3.42. The summed E-state index contributed by atoms with van der Waals surface area (Å²) in [7, 11) is 0. The van der Waals surface area contributed by atoms with Gasteiger partial charge in [0.2, 0.25) is 0 Å². The molecule has 0 aromatic heterocycles. The molecule has 0 spiro atoms. The first-order valence-electron chi connectivity index (χ1n) is 6.95. The highest BCUT2D eigenvalue weighted by atomic mass is 19.2. The molecule has 0 radical (unpaired) electrons. The van der Waals surface area contributed by atoms with Crippen molar-refractivity contribution >= 4 is 5.97 Å². The molecule has 0 aliphatic rings. The molecule has 0 unspecified atom stereocenters. The molecule has 0 amide bonds. The average molecular weight is 306 g/mol. The van der Waals surface area contributed by atoms with Crippen LogP contribution >= 0.6 is 0 Å². The first kappa shape index (κ1) is 15.9. The normalized spacial score (nSPS) is 10.5. The summed E-state index contributed by atoms with van der Waals surface area (Å²) in [4.78, 5) is 10.6. The summed E-state index contributed by atoms with van der Waals surface area (Å²) in [5.41, 5.74) is 0.703. The van der Waals surface area contributed by atoms with E-state index in [2.05, 4.69) is 0 Å². The van der Waals surface area contributed by atoms with Crippen molar-refractivity contribution in [1.82, 2.24) is 0 Å². The summed E-state index contributed by atoms with van der Waals surface area (Å²) in [6, 6.07) is 9.42. The molecule has 0 fully saturated rings. The van der Waals surface area contributed by atoms with E-state index in [1.165, 1.54) is 12.1 Å². The zero-order valence-electron chi connectivity index (χ0n) is 12.1. The standard InChI is InChI=1S/C17H16F2O3/c1-2-5-11-8-9-13(17(19)16(11)18)12-6-3-4-7-14(12)22-10-15(20)21/h3-4,6-9H,2,5,10H2,1H3,(H,20,21). The molecule has 0 aliphatic heterocycles. The fourth-order valence-electron chi connectivity index (χ4n) is 2.21. The Bertz CT molecular complexity index is 684. The molecule has 0 saturated carbocycles. The molecule has 5 heteroatoms. The fraction of sp³-hybridized carbons (Fsp3) is 0.235. The van der Waals surface area contributed by atoms with Gasteiger partial charge in [-0.2, -0.15) is 0 Å². The van der Waals surface area contributed by atoms with E-state index in [1.54, 1.807) is 24.3 Å². The highest BCUT2D eigenvalue weighted by Crippen LogP contribution is 2.33. The summed E-state index contributed by atoms with van der Waals surface area (Å²) in [5, 5.41) is 8.67. The molecular weight excluding hydrogens is 290 g/mol. The van der Waals surface area contributed by atoms with Gasteiger partial charge >= 0.3 is 5.97 Å². The van der Waals surface area contributed by atoms with Gasteiger partial charge in [0.25, 0.3) is 0 Å². The van der Waals surface area contributed by atoms with Crippen LogP contribution in [0.2, 0.25) is 0 Å². The van der Waals surface area contributed by atoms with Gasteiger partial charge in [0, 0.05) is 11.1 Å². The largest absolute Gasteiger partial charge is 0.481 e. The van der Waals surface area contributed by atoms with Crippen LogP contribution in [0.15, 0.2) is 36.4 Å². The van der Waals surface area contributed by atoms with E-state index < -0.39 is 24.2 Å². The zero-order chi connectivity index (χ0) is 16.1. The van der Waals surface area contributed by atoms with Gasteiger partial charge < -0.3 is 9.84 Å². The minimum atomic E-state index is -1.14. The highest BCUT2D eigenvalue weighted by Gasteiger charge is 2.17. The third-order valence-corrected chi connectivity index (χ3v) is 3.21. The maximum Gasteiger partial charge on any atom is 0.341 e. The Kier molecular flexibility index (Phi) is 5.09. The van der Waals surface area contributed by atoms with E-state index >= 15 is 0 Å². The quantitative estimate of drug-likeness (QED) is 0.876. The Morgan fingerprint density at radius 1 is 1.09 bits per heavy atom. The van der Waals surface area contributed by atoms with E-state index in [9.17, 15) is 13.6 Å². The minimum Gasteiger partial charge on any atom is -0.481 e. The van der Waals surface area contributed by atoms with Gasteiger partial charge in [-0.15, -0.1) is 0 Å². The number of carboxylic acids is 1. The van der Waals surface area contributed by atoms with Gasteiger partial charge in [0.05, 0.1) is 0 Å². The average Bonchev–Trinajstić information content (AvgIpc) is 2.51. The highest BCUT2D eigenvalue weighted by molar-refractivity contribution is 5.73. The Balaban J connectivity index is 2.44. The number of aliphatic carboxylic acids is 1. The fourth-order valence-corrected chi connectivity index (χ4v) is 2.21. The van der Waals surface area contributed by atoms with Crippen LogP contribution in [0.5, 0.6) is 5.75 Å². The van der Waals surface area contributed by atoms with Gasteiger partial charge in [-0.3, -0.25) is 0 Å². The molecule has 1 N–H and O–H groups in total. The summed E-state index contributed by atoms with van der Waals surface area (Å²) in [6.07, 6.45) is 1.17. The summed E-state index contributed by atoms with van der Waals surface area (Å²) in [6.45, 7) is 1.34. The van der Waals surface area contributed by atoms with Crippen molar-refractivity contribution in [2.24, 2.45) is 0 Å². The number of ether oxygens (including phenoxy) is 1. The Morgan fingerprint density at radius 3 is 2.50 bits per heavy atom. The van der Waals surface area contributed by atoms with E-state index in [0.29, 0.717) is 24.0 Å². The number of hydrogen-bond acceptors (Lipinski definition) is 2. The second-order valence-corrected chi connectivity index (χ2v) is 4.83. The number of rotatable bonds is 6. The molecule has 2 aromatic rings. The predicted molar refractivity (Wildman–Crippen MR) is 78.9 cm³/mol. The van der Waals surface area contributed by atoms with Crippen molar-refractivity contribution in [3.8, 4) is 16.9 Å². The molecule has 3 nitrogen and oxygen atoms in total. The van der Waals surface area contributed by atoms with Crippen molar-refractivity contribution in [3.05, 3.63) is 53.6 Å². The zero-order valence-corrected chi connectivity index (χ0v) is 12.1. The van der Waals surface area contributed by atoms with Crippen LogP contribution < -0.4 is 4.74 Å². The van der Waals surface area contributed by atoms with Crippen LogP contribution in [0.25, 0.3) is 11.1 Å². The number of para-hydroxylation sites is 1. The molecule has 2 rings (SSSR count). The first-order valence-corrected chi connectivity index (χ1v) is 6.95. The number of benzene rings is 2. The Morgan fingerprint density at radius 2 is 1.82 bits per heavy atom. The molecule has 0 aliphatic carbocycles. The molecule has 0 bridgehead atoms. The molecule has 2 aromatic carbocycles. The van der Waals surface area contributed by atoms with Crippen molar-refractivity contribution in [2.45, 2.75) is 19.8 Å². The SMILES string of the molecule is CCCc1ccc(-c2ccccc2OCC(=O)O)c(F)c1F. The van der Waals surface area contributed by atoms with Crippen molar-refractivity contribution < 1.29 is 23.4 Å². The van der Waals surface area contributed by atoms with E-state index in [4.69, 9.17) is 9.84 Å². The second-order valence-electron chi connectivity index (χ2n) is 4.83. The smallest absolute Gasteiger partial charge is 0.341 e. The van der Waals surface area contributed by atoms with Crippen molar-refractivity contribution in [1.29, 1.82) is 0 Å². The van der Waals surface area contributed by atoms with Crippen LogP contribution in [-0.4, -0.2) is 17.7 Å². The van der Waals surface area contributed by atoms with Crippen LogP contribution in [0.3, 0.4) is 0 Å². The molecule has 22 heavy (non-hydrogen) atoms. The number of hydrogen-bond donors (Lipinski definition) is 1. The molecule has 0 heterocycles. The summed E-state index contributed by atoms with van der Waals surface area (Å²) >= 11 is 0. The van der Waals surface area contributed by atoms with E-state index in [0.717, 1.165) is 0 Å². The summed E-state index contributed by atoms with van der Waals surface area (Å²) < 4.78 is 33.5. The van der Waals surface area contributed by atoms with Crippen molar-refractivity contribution in [3.63, 3.8) is 0 Å². The van der Waals surface area contributed by atoms with Gasteiger partial charge in [-0.05, 0) is 18.1 Å². The second kappa shape index (κ2) is 7.02. The third-order valence-electron chi connectivity index (χ3n) is 3.21. The number of aryl methyl sites for hydroxylation is 1. The number of carbonyl (C=O) groups is 1. The van der Waals surface area contributed by atoms with Gasteiger partial charge in [0.15, 0.2) is 18.2 Å². The number of halogens is 2. The Hall–Kier alpha value is -2.43. The molecule has 0 saturated heterocycles. The van der Waals surface area contributed by atoms with Crippen LogP contribution in [0, 0.1) is 11.6 Å². The maximum absolute atomic E-state index is 14.3. The number of carboxylic acid groups (broad SMARTS) is 1. The van der Waals surface area contributed by atoms with Crippen LogP contribution in [0.4, 0.5) is 8.78 Å².